The van der Waals surface area contributed by atoms with E-state index in [1.165, 1.54) is 10.9 Å². The summed E-state index contributed by atoms with van der Waals surface area (Å²) in [7, 11) is 0. The lowest BCUT2D eigenvalue weighted by molar-refractivity contribution is 0.0697. The van der Waals surface area contributed by atoms with E-state index in [0.717, 1.165) is 0 Å². The third-order valence-corrected chi connectivity index (χ3v) is 7.32. The number of halogens is 1. The smallest absolute Gasteiger partial charge is 0.278 e. The van der Waals surface area contributed by atoms with Gasteiger partial charge in [0.25, 0.3) is 17.7 Å². The Kier molecular flexibility index (Phi) is 7.08. The van der Waals surface area contributed by atoms with Gasteiger partial charge in [0.05, 0.1) is 5.52 Å². The van der Waals surface area contributed by atoms with Crippen LogP contribution in [0, 0.1) is 5.95 Å². The lowest BCUT2D eigenvalue weighted by atomic mass is 10.0. The predicted octanol–water partition coefficient (Wildman–Crippen LogP) is 4.96. The number of fused-ring (bicyclic) bond motifs is 1. The molecule has 0 bridgehead atoms. The second kappa shape index (κ2) is 11.1. The Morgan fingerprint density at radius 3 is 2.12 bits per heavy atom. The van der Waals surface area contributed by atoms with Crippen molar-refractivity contribution in [1.82, 2.24) is 25.0 Å². The molecule has 0 unspecified atom stereocenters. The molecule has 1 aliphatic heterocycles. The minimum atomic E-state index is -0.637. The highest BCUT2D eigenvalue weighted by molar-refractivity contribution is 6.10. The van der Waals surface area contributed by atoms with Crippen LogP contribution in [-0.2, 0) is 0 Å². The van der Waals surface area contributed by atoms with Crippen molar-refractivity contribution in [1.29, 1.82) is 0 Å². The minimum absolute atomic E-state index is 0.0327. The van der Waals surface area contributed by atoms with Gasteiger partial charge in [-0.15, -0.1) is 0 Å². The van der Waals surface area contributed by atoms with E-state index in [4.69, 9.17) is 0 Å². The number of hydrogen-bond donors (Lipinski definition) is 1. The molecule has 5 aromatic rings. The van der Waals surface area contributed by atoms with Crippen LogP contribution in [0.5, 0.6) is 0 Å². The highest BCUT2D eigenvalue weighted by Crippen LogP contribution is 2.28. The zero-order valence-corrected chi connectivity index (χ0v) is 22.0. The molecule has 41 heavy (non-hydrogen) atoms. The molecule has 2 aromatic heterocycles. The van der Waals surface area contributed by atoms with Gasteiger partial charge in [-0.2, -0.15) is 14.2 Å². The van der Waals surface area contributed by atoms with E-state index in [1.807, 2.05) is 24.3 Å². The molecule has 3 heterocycles. The first-order valence-electron chi connectivity index (χ1n) is 13.4. The molecule has 1 saturated heterocycles. The molecule has 8 nitrogen and oxygen atoms in total. The zero-order valence-electron chi connectivity index (χ0n) is 22.0. The number of rotatable bonds is 5. The van der Waals surface area contributed by atoms with Crippen LogP contribution in [0.15, 0.2) is 97.2 Å². The van der Waals surface area contributed by atoms with Gasteiger partial charge in [-0.3, -0.25) is 14.4 Å². The van der Waals surface area contributed by atoms with Gasteiger partial charge >= 0.3 is 0 Å². The van der Waals surface area contributed by atoms with E-state index < -0.39 is 11.9 Å². The Bertz CT molecular complexity index is 1750. The predicted molar refractivity (Wildman–Crippen MR) is 152 cm³/mol. The topological polar surface area (TPSA) is 97.2 Å². The number of piperidine rings is 1. The fourth-order valence-corrected chi connectivity index (χ4v) is 5.16. The van der Waals surface area contributed by atoms with E-state index in [9.17, 15) is 18.8 Å². The van der Waals surface area contributed by atoms with Gasteiger partial charge in [0.2, 0.25) is 5.95 Å². The second-order valence-electron chi connectivity index (χ2n) is 9.91. The first kappa shape index (κ1) is 26.1. The molecule has 1 N–H and O–H groups in total. The van der Waals surface area contributed by atoms with E-state index in [0.29, 0.717) is 53.5 Å². The number of aromatic nitrogens is 3. The maximum atomic E-state index is 14.5. The summed E-state index contributed by atoms with van der Waals surface area (Å²) >= 11 is 0. The average molecular weight is 548 g/mol. The number of benzene rings is 3. The van der Waals surface area contributed by atoms with Crippen molar-refractivity contribution < 1.29 is 18.8 Å². The van der Waals surface area contributed by atoms with Crippen LogP contribution in [0.4, 0.5) is 4.39 Å². The van der Waals surface area contributed by atoms with Crippen LogP contribution in [0.2, 0.25) is 0 Å². The standard InChI is InChI=1S/C32H26FN5O3/c33-29-25(12-7-17-34-29)23-13-14-27-26(20-23)28(36-38(27)32(41)22-10-5-2-6-11-22)30(39)35-24-15-18-37(19-16-24)31(40)21-8-3-1-4-9-21/h1-14,17,20,24H,15-16,18-19H2,(H,35,39). The van der Waals surface area contributed by atoms with E-state index in [2.05, 4.69) is 15.4 Å². The first-order chi connectivity index (χ1) is 20.0. The van der Waals surface area contributed by atoms with Gasteiger partial charge < -0.3 is 10.2 Å². The molecule has 204 valence electrons. The third-order valence-electron chi connectivity index (χ3n) is 7.32. The molecule has 0 saturated carbocycles. The highest BCUT2D eigenvalue weighted by Gasteiger charge is 2.28. The van der Waals surface area contributed by atoms with Crippen LogP contribution in [0.3, 0.4) is 0 Å². The third kappa shape index (κ3) is 5.21. The number of carbonyl (C=O) groups is 3. The molecule has 9 heteroatoms. The van der Waals surface area contributed by atoms with Crippen LogP contribution in [0.25, 0.3) is 22.0 Å². The van der Waals surface area contributed by atoms with Gasteiger partial charge in [0.15, 0.2) is 5.69 Å². The lowest BCUT2D eigenvalue weighted by Gasteiger charge is -2.32. The van der Waals surface area contributed by atoms with Crippen molar-refractivity contribution in [3.63, 3.8) is 0 Å². The monoisotopic (exact) mass is 547 g/mol. The van der Waals surface area contributed by atoms with Crippen LogP contribution in [-0.4, -0.2) is 56.5 Å². The Hall–Kier alpha value is -5.18. The number of nitrogens with one attached hydrogen (secondary N) is 1. The van der Waals surface area contributed by atoms with Gasteiger partial charge in [-0.05, 0) is 66.9 Å². The number of nitrogens with zero attached hydrogens (tertiary/aromatic N) is 4. The highest BCUT2D eigenvalue weighted by atomic mass is 19.1. The summed E-state index contributed by atoms with van der Waals surface area (Å²) in [6.07, 6.45) is 2.53. The van der Waals surface area contributed by atoms with Crippen molar-refractivity contribution in [2.24, 2.45) is 0 Å². The number of carbonyl (C=O) groups excluding carboxylic acids is 3. The summed E-state index contributed by atoms with van der Waals surface area (Å²) < 4.78 is 15.7. The van der Waals surface area contributed by atoms with Gasteiger partial charge in [0.1, 0.15) is 0 Å². The maximum Gasteiger partial charge on any atom is 0.278 e. The fourth-order valence-electron chi connectivity index (χ4n) is 5.16. The van der Waals surface area contributed by atoms with Crippen LogP contribution >= 0.6 is 0 Å². The van der Waals surface area contributed by atoms with Crippen molar-refractivity contribution in [2.75, 3.05) is 13.1 Å². The fraction of sp³-hybridized carbons (Fsp3) is 0.156. The molecule has 6 rings (SSSR count). The summed E-state index contributed by atoms with van der Waals surface area (Å²) in [5.41, 5.74) is 2.34. The second-order valence-corrected chi connectivity index (χ2v) is 9.91. The van der Waals surface area contributed by atoms with E-state index in [-0.39, 0.29) is 29.1 Å². The molecular weight excluding hydrogens is 521 g/mol. The van der Waals surface area contributed by atoms with Crippen molar-refractivity contribution in [2.45, 2.75) is 18.9 Å². The van der Waals surface area contributed by atoms with Crippen LogP contribution in [0.1, 0.15) is 44.0 Å². The molecule has 0 atom stereocenters. The molecular formula is C32H26FN5O3. The molecule has 3 aromatic carbocycles. The Morgan fingerprint density at radius 2 is 1.46 bits per heavy atom. The molecule has 0 spiro atoms. The number of pyridine rings is 1. The summed E-state index contributed by atoms with van der Waals surface area (Å²) in [5, 5.41) is 7.91. The summed E-state index contributed by atoms with van der Waals surface area (Å²) in [6.45, 7) is 1.01. The zero-order chi connectivity index (χ0) is 28.3. The summed E-state index contributed by atoms with van der Waals surface area (Å²) in [4.78, 5) is 45.3. The summed E-state index contributed by atoms with van der Waals surface area (Å²) in [5.74, 6) is -1.49. The molecule has 0 radical (unpaired) electrons. The normalized spacial score (nSPS) is 13.7. The van der Waals surface area contributed by atoms with Crippen LogP contribution < -0.4 is 5.32 Å². The summed E-state index contributed by atoms with van der Waals surface area (Å²) in [6, 6.07) is 25.9. The minimum Gasteiger partial charge on any atom is -0.348 e. The average Bonchev–Trinajstić information content (AvgIpc) is 3.41. The Balaban J connectivity index is 1.28. The Morgan fingerprint density at radius 1 is 0.805 bits per heavy atom. The molecule has 1 fully saturated rings. The number of likely N-dealkylation sites (tertiary alicyclic amines) is 1. The first-order valence-corrected chi connectivity index (χ1v) is 13.4. The molecule has 0 aliphatic carbocycles. The van der Waals surface area contributed by atoms with Gasteiger partial charge in [-0.25, -0.2) is 4.98 Å². The van der Waals surface area contributed by atoms with Crippen molar-refractivity contribution in [3.05, 3.63) is 120 Å². The van der Waals surface area contributed by atoms with Gasteiger partial charge in [0, 0.05) is 47.4 Å². The maximum absolute atomic E-state index is 14.5. The largest absolute Gasteiger partial charge is 0.348 e. The quantitative estimate of drug-likeness (QED) is 0.314. The van der Waals surface area contributed by atoms with E-state index in [1.54, 1.807) is 71.6 Å². The lowest BCUT2D eigenvalue weighted by Crippen LogP contribution is -2.46. The Labute approximate surface area is 235 Å². The number of hydrogen-bond acceptors (Lipinski definition) is 5. The molecule has 2 amide bonds. The van der Waals surface area contributed by atoms with Crippen molar-refractivity contribution in [3.8, 4) is 11.1 Å². The van der Waals surface area contributed by atoms with Crippen molar-refractivity contribution >= 4 is 28.6 Å². The molecule has 1 aliphatic rings. The number of amides is 2. The van der Waals surface area contributed by atoms with E-state index >= 15 is 0 Å². The SMILES string of the molecule is O=C(NC1CCN(C(=O)c2ccccc2)CC1)c1nn(C(=O)c2ccccc2)c2ccc(-c3cccnc3F)cc12. The van der Waals surface area contributed by atoms with Gasteiger partial charge in [-0.1, -0.05) is 42.5 Å².